The van der Waals surface area contributed by atoms with Gasteiger partial charge in [-0.3, -0.25) is 14.5 Å². The summed E-state index contributed by atoms with van der Waals surface area (Å²) in [5.74, 6) is -1.30. The van der Waals surface area contributed by atoms with Crippen molar-refractivity contribution < 1.29 is 24.2 Å². The minimum atomic E-state index is -1.12. The first-order valence-electron chi connectivity index (χ1n) is 8.08. The number of nitrogens with zero attached hydrogens (tertiary/aromatic N) is 1. The molecule has 1 N–H and O–H groups in total. The second kappa shape index (κ2) is 9.21. The van der Waals surface area contributed by atoms with Gasteiger partial charge in [-0.25, -0.2) is 4.79 Å². The molecule has 29 heavy (non-hydrogen) atoms. The fourth-order valence-corrected chi connectivity index (χ4v) is 4.03. The molecule has 0 atom stereocenters. The Balaban J connectivity index is 1.85. The van der Waals surface area contributed by atoms with Gasteiger partial charge in [0.05, 0.1) is 21.5 Å². The normalized spacial score (nSPS) is 15.3. The summed E-state index contributed by atoms with van der Waals surface area (Å²) in [4.78, 5) is 37.2. The standard InChI is InChI=1S/C19H12BrCl2NO5S/c20-12-2-4-15(28-9-17(24)25)11(6-12)7-16-18(26)23(19(27)29-16)8-10-1-3-13(21)14(22)5-10/h1-7H,8-9H2,(H,24,25). The molecule has 1 saturated heterocycles. The molecule has 1 aliphatic rings. The molecule has 0 saturated carbocycles. The van der Waals surface area contributed by atoms with Crippen molar-refractivity contribution in [2.45, 2.75) is 6.54 Å². The van der Waals surface area contributed by atoms with Gasteiger partial charge >= 0.3 is 5.97 Å². The van der Waals surface area contributed by atoms with E-state index in [0.717, 1.165) is 16.7 Å². The van der Waals surface area contributed by atoms with Crippen LogP contribution >= 0.6 is 50.9 Å². The molecule has 1 aliphatic heterocycles. The van der Waals surface area contributed by atoms with Crippen LogP contribution in [0, 0.1) is 0 Å². The molecule has 2 aromatic rings. The molecule has 0 radical (unpaired) electrons. The van der Waals surface area contributed by atoms with E-state index >= 15 is 0 Å². The van der Waals surface area contributed by atoms with E-state index in [1.165, 1.54) is 6.08 Å². The van der Waals surface area contributed by atoms with E-state index in [0.29, 0.717) is 25.6 Å². The molecule has 6 nitrogen and oxygen atoms in total. The molecule has 10 heteroatoms. The van der Waals surface area contributed by atoms with Gasteiger partial charge in [0.25, 0.3) is 11.1 Å². The summed E-state index contributed by atoms with van der Waals surface area (Å²) in [6.07, 6.45) is 1.50. The third-order valence-corrected chi connectivity index (χ3v) is 5.95. The largest absolute Gasteiger partial charge is 0.481 e. The van der Waals surface area contributed by atoms with Crippen LogP contribution in [-0.4, -0.2) is 33.7 Å². The van der Waals surface area contributed by atoms with Crippen LogP contribution in [0.3, 0.4) is 0 Å². The summed E-state index contributed by atoms with van der Waals surface area (Å²) in [5, 5.41) is 9.11. The average Bonchev–Trinajstić information content (AvgIpc) is 2.91. The molecule has 3 rings (SSSR count). The number of carboxylic acid groups (broad SMARTS) is 1. The lowest BCUT2D eigenvalue weighted by molar-refractivity contribution is -0.139. The van der Waals surface area contributed by atoms with Gasteiger partial charge in [0.15, 0.2) is 6.61 Å². The van der Waals surface area contributed by atoms with Crippen molar-refractivity contribution in [2.75, 3.05) is 6.61 Å². The highest BCUT2D eigenvalue weighted by atomic mass is 79.9. The van der Waals surface area contributed by atoms with E-state index in [2.05, 4.69) is 15.9 Å². The highest BCUT2D eigenvalue weighted by Gasteiger charge is 2.35. The lowest BCUT2D eigenvalue weighted by Gasteiger charge is -2.13. The summed E-state index contributed by atoms with van der Waals surface area (Å²) in [6, 6.07) is 9.82. The zero-order chi connectivity index (χ0) is 21.1. The Morgan fingerprint density at radius 3 is 2.62 bits per heavy atom. The Morgan fingerprint density at radius 1 is 1.17 bits per heavy atom. The monoisotopic (exact) mass is 515 g/mol. The zero-order valence-electron chi connectivity index (χ0n) is 14.5. The number of amides is 2. The number of halogens is 3. The van der Waals surface area contributed by atoms with Crippen LogP contribution in [0.4, 0.5) is 4.79 Å². The summed E-state index contributed by atoms with van der Waals surface area (Å²) < 4.78 is 5.97. The number of carboxylic acids is 1. The lowest BCUT2D eigenvalue weighted by Crippen LogP contribution is -2.27. The van der Waals surface area contributed by atoms with Crippen LogP contribution in [0.25, 0.3) is 6.08 Å². The SMILES string of the molecule is O=C(O)COc1ccc(Br)cc1C=C1SC(=O)N(Cc2ccc(Cl)c(Cl)c2)C1=O. The van der Waals surface area contributed by atoms with Crippen molar-refractivity contribution in [3.05, 3.63) is 66.9 Å². The second-order valence-electron chi connectivity index (χ2n) is 5.88. The van der Waals surface area contributed by atoms with Gasteiger partial charge in [-0.15, -0.1) is 0 Å². The number of hydrogen-bond acceptors (Lipinski definition) is 5. The van der Waals surface area contributed by atoms with Crippen molar-refractivity contribution in [1.29, 1.82) is 0 Å². The molecular formula is C19H12BrCl2NO5S. The second-order valence-corrected chi connectivity index (χ2v) is 8.60. The van der Waals surface area contributed by atoms with Crippen LogP contribution in [-0.2, 0) is 16.1 Å². The maximum Gasteiger partial charge on any atom is 0.341 e. The van der Waals surface area contributed by atoms with Gasteiger partial charge in [-0.2, -0.15) is 0 Å². The average molecular weight is 517 g/mol. The first kappa shape index (κ1) is 21.7. The fraction of sp³-hybridized carbons (Fsp3) is 0.105. The first-order chi connectivity index (χ1) is 13.7. The number of imide groups is 1. The Bertz CT molecular complexity index is 1040. The topological polar surface area (TPSA) is 83.9 Å². The number of hydrogen-bond donors (Lipinski definition) is 1. The molecule has 2 aromatic carbocycles. The molecule has 1 heterocycles. The van der Waals surface area contributed by atoms with E-state index in [-0.39, 0.29) is 17.2 Å². The molecule has 0 bridgehead atoms. The van der Waals surface area contributed by atoms with Crippen LogP contribution in [0.5, 0.6) is 5.75 Å². The summed E-state index contributed by atoms with van der Waals surface area (Å²) >= 11 is 16.0. The minimum Gasteiger partial charge on any atom is -0.481 e. The Kier molecular flexibility index (Phi) is 6.89. The summed E-state index contributed by atoms with van der Waals surface area (Å²) in [7, 11) is 0. The van der Waals surface area contributed by atoms with Gasteiger partial charge in [0.2, 0.25) is 0 Å². The number of benzene rings is 2. The molecule has 0 unspecified atom stereocenters. The molecular weight excluding hydrogens is 505 g/mol. The summed E-state index contributed by atoms with van der Waals surface area (Å²) in [6.45, 7) is -0.471. The maximum atomic E-state index is 12.7. The third-order valence-electron chi connectivity index (χ3n) is 3.81. The van der Waals surface area contributed by atoms with Crippen molar-refractivity contribution in [3.8, 4) is 5.75 Å². The number of aliphatic carboxylic acids is 1. The van der Waals surface area contributed by atoms with Crippen LogP contribution in [0.1, 0.15) is 11.1 Å². The smallest absolute Gasteiger partial charge is 0.341 e. The summed E-state index contributed by atoms with van der Waals surface area (Å²) in [5.41, 5.74) is 1.14. The lowest BCUT2D eigenvalue weighted by atomic mass is 10.1. The van der Waals surface area contributed by atoms with Crippen molar-refractivity contribution in [1.82, 2.24) is 4.90 Å². The van der Waals surface area contributed by atoms with Gasteiger partial charge in [-0.05, 0) is 53.7 Å². The Labute approximate surface area is 188 Å². The zero-order valence-corrected chi connectivity index (χ0v) is 18.4. The maximum absolute atomic E-state index is 12.7. The fourth-order valence-electron chi connectivity index (χ4n) is 2.50. The highest BCUT2D eigenvalue weighted by molar-refractivity contribution is 9.10. The number of carbonyl (C=O) groups excluding carboxylic acids is 2. The predicted octanol–water partition coefficient (Wildman–Crippen LogP) is 5.46. The Hall–Kier alpha value is -2.00. The van der Waals surface area contributed by atoms with Gasteiger partial charge in [-0.1, -0.05) is 45.2 Å². The number of ether oxygens (including phenoxy) is 1. The molecule has 2 amide bonds. The van der Waals surface area contributed by atoms with Crippen molar-refractivity contribution in [3.63, 3.8) is 0 Å². The van der Waals surface area contributed by atoms with Crippen molar-refractivity contribution >= 4 is 74.1 Å². The van der Waals surface area contributed by atoms with Gasteiger partial charge in [0, 0.05) is 10.0 Å². The molecule has 0 aliphatic carbocycles. The van der Waals surface area contributed by atoms with Crippen LogP contribution in [0.2, 0.25) is 10.0 Å². The molecule has 0 spiro atoms. The Morgan fingerprint density at radius 2 is 1.93 bits per heavy atom. The predicted molar refractivity (Wildman–Crippen MR) is 115 cm³/mol. The highest BCUT2D eigenvalue weighted by Crippen LogP contribution is 2.36. The van der Waals surface area contributed by atoms with E-state index in [1.54, 1.807) is 36.4 Å². The number of carbonyl (C=O) groups is 3. The van der Waals surface area contributed by atoms with Crippen LogP contribution in [0.15, 0.2) is 45.8 Å². The van der Waals surface area contributed by atoms with Crippen LogP contribution < -0.4 is 4.74 Å². The molecule has 1 fully saturated rings. The molecule has 150 valence electrons. The van der Waals surface area contributed by atoms with Gasteiger partial charge in [0.1, 0.15) is 5.75 Å². The first-order valence-corrected chi connectivity index (χ1v) is 10.4. The molecule has 0 aromatic heterocycles. The van der Waals surface area contributed by atoms with Gasteiger partial charge < -0.3 is 9.84 Å². The van der Waals surface area contributed by atoms with E-state index in [9.17, 15) is 14.4 Å². The minimum absolute atomic E-state index is 0.0553. The van der Waals surface area contributed by atoms with Crippen molar-refractivity contribution in [2.24, 2.45) is 0 Å². The quantitative estimate of drug-likeness (QED) is 0.513. The number of thioether (sulfide) groups is 1. The number of rotatable bonds is 6. The third kappa shape index (κ3) is 5.33. The van der Waals surface area contributed by atoms with E-state index < -0.39 is 23.7 Å². The van der Waals surface area contributed by atoms with E-state index in [1.807, 2.05) is 0 Å². The van der Waals surface area contributed by atoms with E-state index in [4.69, 9.17) is 33.0 Å².